The van der Waals surface area contributed by atoms with Gasteiger partial charge >= 0.3 is 6.18 Å². The Morgan fingerprint density at radius 3 is 2.29 bits per heavy atom. The maximum absolute atomic E-state index is 12.9. The first-order valence-corrected chi connectivity index (χ1v) is 8.07. The predicted molar refractivity (Wildman–Crippen MR) is 83.9 cm³/mol. The molecule has 0 radical (unpaired) electrons. The molecule has 2 aromatic heterocycles. The summed E-state index contributed by atoms with van der Waals surface area (Å²) < 4.78 is 40.1. The zero-order chi connectivity index (χ0) is 17.3. The molecular formula is C16H20F3N5. The minimum Gasteiger partial charge on any atom is -0.341 e. The van der Waals surface area contributed by atoms with Crippen molar-refractivity contribution in [3.8, 4) is 0 Å². The molecule has 24 heavy (non-hydrogen) atoms. The first-order chi connectivity index (χ1) is 11.4. The van der Waals surface area contributed by atoms with Crippen LogP contribution in [0.15, 0.2) is 18.6 Å². The number of aromatic nitrogens is 4. The van der Waals surface area contributed by atoms with Gasteiger partial charge in [0.1, 0.15) is 0 Å². The summed E-state index contributed by atoms with van der Waals surface area (Å²) in [6.45, 7) is 4.91. The molecule has 0 aromatic carbocycles. The molecule has 0 unspecified atom stereocenters. The largest absolute Gasteiger partial charge is 0.435 e. The molecule has 0 atom stereocenters. The first kappa shape index (κ1) is 16.7. The van der Waals surface area contributed by atoms with Crippen LogP contribution in [-0.4, -0.2) is 32.8 Å². The molecule has 1 aliphatic heterocycles. The summed E-state index contributed by atoms with van der Waals surface area (Å²) in [5.74, 6) is 0.679. The van der Waals surface area contributed by atoms with Crippen LogP contribution in [0.2, 0.25) is 0 Å². The van der Waals surface area contributed by atoms with Gasteiger partial charge in [-0.15, -0.1) is 0 Å². The van der Waals surface area contributed by atoms with Gasteiger partial charge in [-0.05, 0) is 37.3 Å². The van der Waals surface area contributed by atoms with Gasteiger partial charge in [-0.2, -0.15) is 18.3 Å². The minimum absolute atomic E-state index is 0.0223. The van der Waals surface area contributed by atoms with Crippen LogP contribution in [0.1, 0.15) is 42.6 Å². The highest BCUT2D eigenvalue weighted by Crippen LogP contribution is 2.32. The molecule has 1 saturated heterocycles. The van der Waals surface area contributed by atoms with Crippen LogP contribution in [0.3, 0.4) is 0 Å². The predicted octanol–water partition coefficient (Wildman–Crippen LogP) is 3.40. The third kappa shape index (κ3) is 3.37. The Kier molecular flexibility index (Phi) is 4.47. The van der Waals surface area contributed by atoms with Crippen LogP contribution in [0.25, 0.3) is 0 Å². The van der Waals surface area contributed by atoms with Crippen molar-refractivity contribution in [2.45, 2.75) is 45.3 Å². The number of rotatable bonds is 3. The quantitative estimate of drug-likeness (QED) is 0.860. The Labute approximate surface area is 138 Å². The fraction of sp³-hybridized carbons (Fsp3) is 0.562. The van der Waals surface area contributed by atoms with Crippen LogP contribution in [-0.2, 0) is 12.6 Å². The van der Waals surface area contributed by atoms with E-state index in [2.05, 4.69) is 20.0 Å². The van der Waals surface area contributed by atoms with Gasteiger partial charge in [0, 0.05) is 31.7 Å². The lowest BCUT2D eigenvalue weighted by molar-refractivity contribution is -0.142. The number of anilines is 1. The van der Waals surface area contributed by atoms with Crippen LogP contribution >= 0.6 is 0 Å². The highest BCUT2D eigenvalue weighted by Gasteiger charge is 2.36. The standard InChI is InChI=1S/C16H20F3N5/c1-3-12-8-20-15(21-9-12)23-6-4-13(5-7-23)24-10-11(2)14(22-24)16(17,18)19/h8-10,13H,3-7H2,1-2H3. The molecule has 8 heteroatoms. The fourth-order valence-corrected chi connectivity index (χ4v) is 2.97. The molecule has 0 N–H and O–H groups in total. The smallest absolute Gasteiger partial charge is 0.341 e. The second kappa shape index (κ2) is 6.41. The Bertz CT molecular complexity index is 685. The maximum Gasteiger partial charge on any atom is 0.435 e. The number of hydrogen-bond donors (Lipinski definition) is 0. The van der Waals surface area contributed by atoms with Gasteiger partial charge < -0.3 is 4.90 Å². The zero-order valence-corrected chi connectivity index (χ0v) is 13.7. The van der Waals surface area contributed by atoms with Gasteiger partial charge in [-0.3, -0.25) is 4.68 Å². The summed E-state index contributed by atoms with van der Waals surface area (Å²) in [7, 11) is 0. The molecule has 1 fully saturated rings. The Morgan fingerprint density at radius 2 is 1.79 bits per heavy atom. The van der Waals surface area contributed by atoms with E-state index in [1.807, 2.05) is 19.3 Å². The lowest BCUT2D eigenvalue weighted by atomic mass is 10.1. The van der Waals surface area contributed by atoms with E-state index in [1.165, 1.54) is 17.8 Å². The SMILES string of the molecule is CCc1cnc(N2CCC(n3cc(C)c(C(F)(F)F)n3)CC2)nc1. The van der Waals surface area contributed by atoms with Gasteiger partial charge in [-0.25, -0.2) is 9.97 Å². The number of halogens is 3. The average Bonchev–Trinajstić information content (AvgIpc) is 2.97. The van der Waals surface area contributed by atoms with Crippen molar-refractivity contribution in [2.24, 2.45) is 0 Å². The van der Waals surface area contributed by atoms with Crippen molar-refractivity contribution in [1.82, 2.24) is 19.7 Å². The summed E-state index contributed by atoms with van der Waals surface area (Å²) in [5.41, 5.74) is 0.465. The van der Waals surface area contributed by atoms with Crippen molar-refractivity contribution in [1.29, 1.82) is 0 Å². The monoisotopic (exact) mass is 339 g/mol. The summed E-state index contributed by atoms with van der Waals surface area (Å²) in [6, 6.07) is -0.0223. The van der Waals surface area contributed by atoms with Crippen molar-refractivity contribution in [2.75, 3.05) is 18.0 Å². The van der Waals surface area contributed by atoms with Crippen molar-refractivity contribution >= 4 is 5.95 Å². The zero-order valence-electron chi connectivity index (χ0n) is 13.7. The molecule has 0 aliphatic carbocycles. The van der Waals surface area contributed by atoms with E-state index < -0.39 is 11.9 Å². The normalized spacial score (nSPS) is 16.6. The van der Waals surface area contributed by atoms with E-state index in [0.717, 1.165) is 24.8 Å². The summed E-state index contributed by atoms with van der Waals surface area (Å²) in [4.78, 5) is 10.8. The summed E-state index contributed by atoms with van der Waals surface area (Å²) in [5, 5.41) is 3.77. The van der Waals surface area contributed by atoms with Gasteiger partial charge in [0.15, 0.2) is 5.69 Å². The number of hydrogen-bond acceptors (Lipinski definition) is 4. The highest BCUT2D eigenvalue weighted by atomic mass is 19.4. The summed E-state index contributed by atoms with van der Waals surface area (Å²) in [6.07, 6.45) is 3.07. The minimum atomic E-state index is -4.40. The topological polar surface area (TPSA) is 46.8 Å². The van der Waals surface area contributed by atoms with Crippen LogP contribution < -0.4 is 4.90 Å². The molecule has 0 spiro atoms. The fourth-order valence-electron chi connectivity index (χ4n) is 2.97. The lowest BCUT2D eigenvalue weighted by Crippen LogP contribution is -2.36. The third-order valence-electron chi connectivity index (χ3n) is 4.40. The van der Waals surface area contributed by atoms with Gasteiger partial charge in [0.25, 0.3) is 0 Å². The lowest BCUT2D eigenvalue weighted by Gasteiger charge is -2.32. The van der Waals surface area contributed by atoms with E-state index in [0.29, 0.717) is 19.0 Å². The van der Waals surface area contributed by atoms with Crippen LogP contribution in [0.5, 0.6) is 0 Å². The number of piperidine rings is 1. The molecule has 3 heterocycles. The Hall–Kier alpha value is -2.12. The van der Waals surface area contributed by atoms with E-state index in [-0.39, 0.29) is 11.6 Å². The molecule has 0 bridgehead atoms. The van der Waals surface area contributed by atoms with E-state index in [4.69, 9.17) is 0 Å². The number of alkyl halides is 3. The van der Waals surface area contributed by atoms with Crippen molar-refractivity contribution in [3.05, 3.63) is 35.4 Å². The van der Waals surface area contributed by atoms with Gasteiger partial charge in [0.05, 0.1) is 6.04 Å². The maximum atomic E-state index is 12.9. The molecule has 0 saturated carbocycles. The van der Waals surface area contributed by atoms with E-state index in [9.17, 15) is 13.2 Å². The summed E-state index contributed by atoms with van der Waals surface area (Å²) >= 11 is 0. The van der Waals surface area contributed by atoms with Gasteiger partial charge in [-0.1, -0.05) is 6.92 Å². The van der Waals surface area contributed by atoms with Gasteiger partial charge in [0.2, 0.25) is 5.95 Å². The second-order valence-corrected chi connectivity index (χ2v) is 6.10. The third-order valence-corrected chi connectivity index (χ3v) is 4.40. The van der Waals surface area contributed by atoms with Crippen LogP contribution in [0.4, 0.5) is 19.1 Å². The molecular weight excluding hydrogens is 319 g/mol. The van der Waals surface area contributed by atoms with Crippen molar-refractivity contribution in [3.63, 3.8) is 0 Å². The Balaban J connectivity index is 1.66. The Morgan fingerprint density at radius 1 is 1.17 bits per heavy atom. The van der Waals surface area contributed by atoms with E-state index in [1.54, 1.807) is 0 Å². The highest BCUT2D eigenvalue weighted by molar-refractivity contribution is 5.30. The van der Waals surface area contributed by atoms with E-state index >= 15 is 0 Å². The average molecular weight is 339 g/mol. The molecule has 1 aliphatic rings. The van der Waals surface area contributed by atoms with Crippen molar-refractivity contribution < 1.29 is 13.2 Å². The first-order valence-electron chi connectivity index (χ1n) is 8.07. The number of aryl methyl sites for hydroxylation is 2. The number of nitrogens with zero attached hydrogens (tertiary/aromatic N) is 5. The molecule has 3 rings (SSSR count). The second-order valence-electron chi connectivity index (χ2n) is 6.10. The molecule has 5 nitrogen and oxygen atoms in total. The molecule has 130 valence electrons. The van der Waals surface area contributed by atoms with Crippen LogP contribution in [0, 0.1) is 6.92 Å². The molecule has 2 aromatic rings. The molecule has 0 amide bonds.